The second-order valence-corrected chi connectivity index (χ2v) is 5.54. The molecule has 0 aromatic carbocycles. The number of unbranched alkanes of at least 4 members (excludes halogenated alkanes) is 1. The quantitative estimate of drug-likeness (QED) is 0.390. The van der Waals surface area contributed by atoms with Crippen molar-refractivity contribution in [1.82, 2.24) is 9.80 Å². The molecule has 1 rings (SSSR count). The van der Waals surface area contributed by atoms with Crippen LogP contribution >= 0.6 is 0 Å². The van der Waals surface area contributed by atoms with E-state index in [1.807, 2.05) is 0 Å². The van der Waals surface area contributed by atoms with Crippen molar-refractivity contribution in [2.24, 2.45) is 5.73 Å². The van der Waals surface area contributed by atoms with Gasteiger partial charge < -0.3 is 25.6 Å². The van der Waals surface area contributed by atoms with Gasteiger partial charge in [0.15, 0.2) is 0 Å². The molecule has 1 heterocycles. The number of hydrogen-bond donors (Lipinski definition) is 3. The predicted molar refractivity (Wildman–Crippen MR) is 80.4 cm³/mol. The SMILES string of the molecule is CN1CCN(CCC(N)CCCCB(O)O)CC1.O=C=O. The first kappa shape index (κ1) is 20.2. The van der Waals surface area contributed by atoms with E-state index in [2.05, 4.69) is 16.8 Å². The van der Waals surface area contributed by atoms with Crippen LogP contribution in [0.3, 0.4) is 0 Å². The molecular formula is C13H28BN3O4. The maximum Gasteiger partial charge on any atom is 0.451 e. The van der Waals surface area contributed by atoms with Crippen molar-refractivity contribution in [2.45, 2.75) is 38.0 Å². The molecule has 1 fully saturated rings. The van der Waals surface area contributed by atoms with Gasteiger partial charge in [0.05, 0.1) is 0 Å². The van der Waals surface area contributed by atoms with Gasteiger partial charge in [-0.3, -0.25) is 0 Å². The summed E-state index contributed by atoms with van der Waals surface area (Å²) in [6.45, 7) is 5.71. The molecule has 1 aliphatic rings. The lowest BCUT2D eigenvalue weighted by molar-refractivity contribution is -0.191. The lowest BCUT2D eigenvalue weighted by Gasteiger charge is -2.32. The molecule has 122 valence electrons. The normalized spacial score (nSPS) is 17.5. The van der Waals surface area contributed by atoms with Crippen LogP contribution in [0.1, 0.15) is 25.7 Å². The van der Waals surface area contributed by atoms with Crippen molar-refractivity contribution in [3.8, 4) is 0 Å². The third-order valence-electron chi connectivity index (χ3n) is 3.70. The van der Waals surface area contributed by atoms with Crippen LogP contribution in [0.15, 0.2) is 0 Å². The monoisotopic (exact) mass is 301 g/mol. The molecule has 0 aliphatic carbocycles. The first-order valence-corrected chi connectivity index (χ1v) is 7.51. The average Bonchev–Trinajstić information content (AvgIpc) is 2.44. The largest absolute Gasteiger partial charge is 0.451 e. The topological polar surface area (TPSA) is 107 Å². The van der Waals surface area contributed by atoms with Gasteiger partial charge in [0, 0.05) is 32.2 Å². The van der Waals surface area contributed by atoms with Crippen LogP contribution in [-0.2, 0) is 9.59 Å². The zero-order valence-corrected chi connectivity index (χ0v) is 12.9. The highest BCUT2D eigenvalue weighted by Crippen LogP contribution is 2.08. The van der Waals surface area contributed by atoms with Gasteiger partial charge in [-0.25, -0.2) is 0 Å². The zero-order valence-electron chi connectivity index (χ0n) is 12.9. The molecule has 1 atom stereocenters. The van der Waals surface area contributed by atoms with E-state index in [1.54, 1.807) is 0 Å². The van der Waals surface area contributed by atoms with E-state index in [1.165, 1.54) is 0 Å². The number of piperazine rings is 1. The van der Waals surface area contributed by atoms with Crippen LogP contribution in [0.4, 0.5) is 0 Å². The standard InChI is InChI=1S/C12H28BN3O2.CO2/c1-15-8-10-16(11-9-15)7-5-12(14)4-2-3-6-13(17)18;2-1-3/h12,17-18H,2-11,14H2,1H3;. The molecular weight excluding hydrogens is 273 g/mol. The average molecular weight is 301 g/mol. The minimum atomic E-state index is -1.16. The molecule has 7 nitrogen and oxygen atoms in total. The van der Waals surface area contributed by atoms with Gasteiger partial charge in [-0.2, -0.15) is 9.59 Å². The summed E-state index contributed by atoms with van der Waals surface area (Å²) in [5, 5.41) is 17.5. The highest BCUT2D eigenvalue weighted by atomic mass is 16.4. The molecule has 1 saturated heterocycles. The summed E-state index contributed by atoms with van der Waals surface area (Å²) < 4.78 is 0. The number of rotatable bonds is 8. The second-order valence-electron chi connectivity index (χ2n) is 5.54. The Morgan fingerprint density at radius 2 is 1.71 bits per heavy atom. The molecule has 4 N–H and O–H groups in total. The smallest absolute Gasteiger partial charge is 0.427 e. The summed E-state index contributed by atoms with van der Waals surface area (Å²) in [6.07, 6.45) is 4.58. The van der Waals surface area contributed by atoms with E-state index >= 15 is 0 Å². The van der Waals surface area contributed by atoms with Gasteiger partial charge in [0.25, 0.3) is 0 Å². The van der Waals surface area contributed by atoms with Gasteiger partial charge >= 0.3 is 13.3 Å². The minimum Gasteiger partial charge on any atom is -0.427 e. The fourth-order valence-electron chi connectivity index (χ4n) is 2.30. The Hall–Kier alpha value is -0.755. The third-order valence-corrected chi connectivity index (χ3v) is 3.70. The fraction of sp³-hybridized carbons (Fsp3) is 0.923. The maximum absolute atomic E-state index is 8.73. The summed E-state index contributed by atoms with van der Waals surface area (Å²) in [5.41, 5.74) is 6.07. The summed E-state index contributed by atoms with van der Waals surface area (Å²) in [4.78, 5) is 21.1. The molecule has 1 unspecified atom stereocenters. The summed E-state index contributed by atoms with van der Waals surface area (Å²) >= 11 is 0. The van der Waals surface area contributed by atoms with E-state index < -0.39 is 7.12 Å². The Balaban J connectivity index is 0.00000122. The lowest BCUT2D eigenvalue weighted by Crippen LogP contribution is -2.45. The lowest BCUT2D eigenvalue weighted by atomic mass is 9.83. The molecule has 0 saturated carbocycles. The molecule has 0 bridgehead atoms. The van der Waals surface area contributed by atoms with E-state index in [0.717, 1.165) is 58.4 Å². The highest BCUT2D eigenvalue weighted by molar-refractivity contribution is 6.40. The minimum absolute atomic E-state index is 0.250. The Kier molecular flexibility index (Phi) is 12.5. The van der Waals surface area contributed by atoms with E-state index in [0.29, 0.717) is 6.32 Å². The van der Waals surface area contributed by atoms with Gasteiger partial charge in [0.2, 0.25) is 0 Å². The van der Waals surface area contributed by atoms with Gasteiger partial charge in [-0.15, -0.1) is 0 Å². The Morgan fingerprint density at radius 3 is 2.24 bits per heavy atom. The van der Waals surface area contributed by atoms with Crippen molar-refractivity contribution in [3.63, 3.8) is 0 Å². The van der Waals surface area contributed by atoms with E-state index in [9.17, 15) is 0 Å². The molecule has 1 aliphatic heterocycles. The van der Waals surface area contributed by atoms with E-state index in [4.69, 9.17) is 25.4 Å². The zero-order chi connectivity index (χ0) is 16.1. The van der Waals surface area contributed by atoms with Crippen molar-refractivity contribution < 1.29 is 19.6 Å². The molecule has 0 aromatic heterocycles. The van der Waals surface area contributed by atoms with Crippen molar-refractivity contribution >= 4 is 13.3 Å². The van der Waals surface area contributed by atoms with Crippen LogP contribution in [0.5, 0.6) is 0 Å². The second kappa shape index (κ2) is 12.9. The first-order valence-electron chi connectivity index (χ1n) is 7.51. The molecule has 0 spiro atoms. The summed E-state index contributed by atoms with van der Waals surface area (Å²) in [6, 6.07) is 0.250. The number of carbonyl (C=O) groups excluding carboxylic acids is 2. The Morgan fingerprint density at radius 1 is 1.14 bits per heavy atom. The van der Waals surface area contributed by atoms with Crippen LogP contribution in [0.25, 0.3) is 0 Å². The molecule has 0 radical (unpaired) electrons. The van der Waals surface area contributed by atoms with Crippen molar-refractivity contribution in [1.29, 1.82) is 0 Å². The van der Waals surface area contributed by atoms with Crippen LogP contribution in [-0.4, -0.2) is 78.9 Å². The first-order chi connectivity index (χ1) is 9.99. The van der Waals surface area contributed by atoms with Gasteiger partial charge in [-0.1, -0.05) is 12.8 Å². The Labute approximate surface area is 127 Å². The molecule has 0 aromatic rings. The Bertz CT molecular complexity index is 281. The van der Waals surface area contributed by atoms with Crippen LogP contribution in [0, 0.1) is 0 Å². The molecule has 8 heteroatoms. The molecule has 0 amide bonds. The summed E-state index contributed by atoms with van der Waals surface area (Å²) in [5.74, 6) is 0. The third kappa shape index (κ3) is 12.7. The van der Waals surface area contributed by atoms with Gasteiger partial charge in [-0.05, 0) is 32.8 Å². The highest BCUT2D eigenvalue weighted by Gasteiger charge is 2.14. The van der Waals surface area contributed by atoms with Crippen molar-refractivity contribution in [3.05, 3.63) is 0 Å². The fourth-order valence-corrected chi connectivity index (χ4v) is 2.30. The number of likely N-dealkylation sites (N-methyl/N-ethyl adjacent to an activating group) is 1. The number of hydrogen-bond acceptors (Lipinski definition) is 7. The number of nitrogens with two attached hydrogens (primary N) is 1. The van der Waals surface area contributed by atoms with Crippen LogP contribution in [0.2, 0.25) is 6.32 Å². The maximum atomic E-state index is 8.73. The number of nitrogens with zero attached hydrogens (tertiary/aromatic N) is 2. The van der Waals surface area contributed by atoms with Crippen LogP contribution < -0.4 is 5.73 Å². The van der Waals surface area contributed by atoms with Crippen molar-refractivity contribution in [2.75, 3.05) is 39.8 Å². The predicted octanol–water partition coefficient (Wildman–Crippen LogP) is -0.989. The van der Waals surface area contributed by atoms with Gasteiger partial charge in [0.1, 0.15) is 0 Å². The van der Waals surface area contributed by atoms with E-state index in [-0.39, 0.29) is 12.2 Å². The molecule has 21 heavy (non-hydrogen) atoms. The summed E-state index contributed by atoms with van der Waals surface area (Å²) in [7, 11) is 1.00.